The molecule has 0 bridgehead atoms. The predicted molar refractivity (Wildman–Crippen MR) is 94.0 cm³/mol. The summed E-state index contributed by atoms with van der Waals surface area (Å²) < 4.78 is 5.77. The van der Waals surface area contributed by atoms with Crippen molar-refractivity contribution in [2.24, 2.45) is 11.8 Å². The van der Waals surface area contributed by atoms with Crippen LogP contribution >= 0.6 is 0 Å². The minimum Gasteiger partial charge on any atom is -0.439 e. The molecule has 1 unspecified atom stereocenters. The number of benzene rings is 1. The van der Waals surface area contributed by atoms with Gasteiger partial charge in [0.05, 0.1) is 6.54 Å². The Morgan fingerprint density at radius 2 is 1.75 bits per heavy atom. The van der Waals surface area contributed by atoms with E-state index < -0.39 is 0 Å². The van der Waals surface area contributed by atoms with Crippen LogP contribution in [0.3, 0.4) is 0 Å². The van der Waals surface area contributed by atoms with Gasteiger partial charge < -0.3 is 20.3 Å². The van der Waals surface area contributed by atoms with E-state index in [0.29, 0.717) is 6.54 Å². The third-order valence-electron chi connectivity index (χ3n) is 5.88. The highest BCUT2D eigenvalue weighted by Crippen LogP contribution is 2.34. The lowest BCUT2D eigenvalue weighted by molar-refractivity contribution is 0.0525. The van der Waals surface area contributed by atoms with E-state index in [0.717, 1.165) is 62.1 Å². The van der Waals surface area contributed by atoms with E-state index in [4.69, 9.17) is 4.74 Å². The Hall–Kier alpha value is -1.75. The molecule has 24 heavy (non-hydrogen) atoms. The zero-order valence-electron chi connectivity index (χ0n) is 14.2. The van der Waals surface area contributed by atoms with Crippen molar-refractivity contribution in [2.45, 2.75) is 31.8 Å². The second-order valence-electron chi connectivity index (χ2n) is 7.25. The van der Waals surface area contributed by atoms with Gasteiger partial charge in [0.1, 0.15) is 6.10 Å². The molecule has 0 saturated carbocycles. The van der Waals surface area contributed by atoms with Gasteiger partial charge in [0, 0.05) is 24.3 Å². The molecule has 3 heterocycles. The monoisotopic (exact) mass is 329 g/mol. The highest BCUT2D eigenvalue weighted by atomic mass is 16.6. The summed E-state index contributed by atoms with van der Waals surface area (Å²) in [7, 11) is 0. The van der Waals surface area contributed by atoms with Crippen LogP contribution in [0.1, 0.15) is 37.4 Å². The average molecular weight is 329 g/mol. The fourth-order valence-corrected chi connectivity index (χ4v) is 4.42. The second-order valence-corrected chi connectivity index (χ2v) is 7.25. The van der Waals surface area contributed by atoms with Crippen LogP contribution in [0.15, 0.2) is 24.3 Å². The Bertz CT molecular complexity index is 578. The van der Waals surface area contributed by atoms with Crippen molar-refractivity contribution in [3.8, 4) is 0 Å². The van der Waals surface area contributed by atoms with Crippen molar-refractivity contribution >= 4 is 11.8 Å². The molecule has 1 aromatic carbocycles. The lowest BCUT2D eigenvalue weighted by atomic mass is 9.79. The zero-order chi connectivity index (χ0) is 16.4. The summed E-state index contributed by atoms with van der Waals surface area (Å²) in [6, 6.07) is 8.07. The molecule has 2 N–H and O–H groups in total. The molecule has 3 aliphatic rings. The average Bonchev–Trinajstić information content (AvgIpc) is 3.06. The van der Waals surface area contributed by atoms with Crippen LogP contribution in [0.5, 0.6) is 0 Å². The Kier molecular flexibility index (Phi) is 4.60. The van der Waals surface area contributed by atoms with E-state index in [2.05, 4.69) is 10.6 Å². The third kappa shape index (κ3) is 3.22. The normalized spacial score (nSPS) is 25.2. The van der Waals surface area contributed by atoms with E-state index in [1.165, 1.54) is 12.8 Å². The summed E-state index contributed by atoms with van der Waals surface area (Å²) in [4.78, 5) is 14.4. The molecule has 4 rings (SSSR count). The standard InChI is InChI=1S/C19H27N3O2/c23-19(24-18-13-21-17-4-2-1-3-16(17)18)22-11-7-15(8-12-22)14-5-9-20-10-6-14/h1-4,14-15,18,20-21H,5-13H2. The van der Waals surface area contributed by atoms with Gasteiger partial charge in [-0.1, -0.05) is 18.2 Å². The molecule has 1 atom stereocenters. The topological polar surface area (TPSA) is 53.6 Å². The zero-order valence-corrected chi connectivity index (χ0v) is 14.2. The SMILES string of the molecule is O=C(OC1CNc2ccccc21)N1CCC(C2CCNCC2)CC1. The molecule has 3 aliphatic heterocycles. The maximum Gasteiger partial charge on any atom is 0.410 e. The van der Waals surface area contributed by atoms with Crippen LogP contribution in [0.4, 0.5) is 10.5 Å². The number of amides is 1. The quantitative estimate of drug-likeness (QED) is 0.876. The van der Waals surface area contributed by atoms with Crippen LogP contribution < -0.4 is 10.6 Å². The minimum absolute atomic E-state index is 0.151. The largest absolute Gasteiger partial charge is 0.439 e. The minimum atomic E-state index is -0.157. The number of hydrogen-bond donors (Lipinski definition) is 2. The molecule has 130 valence electrons. The molecule has 0 spiro atoms. The second kappa shape index (κ2) is 7.01. The van der Waals surface area contributed by atoms with Crippen molar-refractivity contribution in [1.82, 2.24) is 10.2 Å². The van der Waals surface area contributed by atoms with Crippen molar-refractivity contribution in [2.75, 3.05) is 38.0 Å². The van der Waals surface area contributed by atoms with Gasteiger partial charge in [-0.05, 0) is 56.7 Å². The van der Waals surface area contributed by atoms with Crippen LogP contribution in [0, 0.1) is 11.8 Å². The van der Waals surface area contributed by atoms with Crippen LogP contribution in [-0.4, -0.2) is 43.7 Å². The number of rotatable bonds is 2. The van der Waals surface area contributed by atoms with E-state index in [1.807, 2.05) is 29.2 Å². The molecule has 0 aromatic heterocycles. The third-order valence-corrected chi connectivity index (χ3v) is 5.88. The molecule has 1 amide bonds. The number of piperidine rings is 2. The summed E-state index contributed by atoms with van der Waals surface area (Å²) in [5.74, 6) is 1.63. The maximum atomic E-state index is 12.5. The number of anilines is 1. The van der Waals surface area contributed by atoms with E-state index in [1.54, 1.807) is 0 Å². The van der Waals surface area contributed by atoms with Crippen molar-refractivity contribution in [1.29, 1.82) is 0 Å². The van der Waals surface area contributed by atoms with Crippen LogP contribution in [-0.2, 0) is 4.74 Å². The molecule has 5 nitrogen and oxygen atoms in total. The fraction of sp³-hybridized carbons (Fsp3) is 0.632. The Morgan fingerprint density at radius 3 is 2.54 bits per heavy atom. The van der Waals surface area contributed by atoms with E-state index in [-0.39, 0.29) is 12.2 Å². The number of hydrogen-bond acceptors (Lipinski definition) is 4. The van der Waals surface area contributed by atoms with Crippen molar-refractivity contribution in [3.63, 3.8) is 0 Å². The van der Waals surface area contributed by atoms with Gasteiger partial charge in [-0.15, -0.1) is 0 Å². The van der Waals surface area contributed by atoms with E-state index >= 15 is 0 Å². The van der Waals surface area contributed by atoms with Crippen molar-refractivity contribution < 1.29 is 9.53 Å². The maximum absolute atomic E-state index is 12.5. The first-order chi connectivity index (χ1) is 11.8. The number of ether oxygens (including phenoxy) is 1. The first-order valence-electron chi connectivity index (χ1n) is 9.30. The number of carbonyl (C=O) groups is 1. The van der Waals surface area contributed by atoms with Gasteiger partial charge in [0.25, 0.3) is 0 Å². The van der Waals surface area contributed by atoms with Gasteiger partial charge in [-0.2, -0.15) is 0 Å². The summed E-state index contributed by atoms with van der Waals surface area (Å²) in [6.45, 7) is 4.67. The van der Waals surface area contributed by atoms with Gasteiger partial charge in [0.15, 0.2) is 0 Å². The summed E-state index contributed by atoms with van der Waals surface area (Å²) in [5.41, 5.74) is 2.18. The molecular weight excluding hydrogens is 302 g/mol. The highest BCUT2D eigenvalue weighted by molar-refractivity contribution is 5.69. The number of likely N-dealkylation sites (tertiary alicyclic amines) is 1. The number of carbonyl (C=O) groups excluding carboxylic acids is 1. The smallest absolute Gasteiger partial charge is 0.410 e. The van der Waals surface area contributed by atoms with Crippen molar-refractivity contribution in [3.05, 3.63) is 29.8 Å². The number of para-hydroxylation sites is 1. The molecule has 5 heteroatoms. The number of fused-ring (bicyclic) bond motifs is 1. The van der Waals surface area contributed by atoms with E-state index in [9.17, 15) is 4.79 Å². The molecule has 0 aliphatic carbocycles. The lowest BCUT2D eigenvalue weighted by Crippen LogP contribution is -2.42. The van der Waals surface area contributed by atoms with Gasteiger partial charge in [-0.25, -0.2) is 4.79 Å². The van der Waals surface area contributed by atoms with Crippen LogP contribution in [0.25, 0.3) is 0 Å². The first-order valence-corrected chi connectivity index (χ1v) is 9.30. The van der Waals surface area contributed by atoms with Gasteiger partial charge in [0.2, 0.25) is 0 Å². The molecular formula is C19H27N3O2. The summed E-state index contributed by atoms with van der Waals surface area (Å²) >= 11 is 0. The Morgan fingerprint density at radius 1 is 1.04 bits per heavy atom. The Labute approximate surface area is 143 Å². The highest BCUT2D eigenvalue weighted by Gasteiger charge is 2.32. The molecule has 0 radical (unpaired) electrons. The summed E-state index contributed by atoms with van der Waals surface area (Å²) in [6.07, 6.45) is 4.52. The molecule has 2 fully saturated rings. The van der Waals surface area contributed by atoms with Crippen LogP contribution in [0.2, 0.25) is 0 Å². The first kappa shape index (κ1) is 15.8. The van der Waals surface area contributed by atoms with Gasteiger partial charge >= 0.3 is 6.09 Å². The predicted octanol–water partition coefficient (Wildman–Crippen LogP) is 3.00. The Balaban J connectivity index is 1.29. The fourth-order valence-electron chi connectivity index (χ4n) is 4.42. The number of nitrogens with zero attached hydrogens (tertiary/aromatic N) is 1. The summed E-state index contributed by atoms with van der Waals surface area (Å²) in [5, 5.41) is 6.75. The molecule has 1 aromatic rings. The molecule has 2 saturated heterocycles. The van der Waals surface area contributed by atoms with Gasteiger partial charge in [-0.3, -0.25) is 0 Å². The lowest BCUT2D eigenvalue weighted by Gasteiger charge is -2.37. The number of nitrogens with one attached hydrogen (secondary N) is 2.